The maximum absolute atomic E-state index is 11.6. The second-order valence-electron chi connectivity index (χ2n) is 7.65. The number of aromatic nitrogens is 1. The maximum Gasteiger partial charge on any atom is 0.417 e. The van der Waals surface area contributed by atoms with Gasteiger partial charge in [0.25, 0.3) is 0 Å². The topological polar surface area (TPSA) is 52.5 Å². The molecular formula is C24H22ClN3O2. The Morgan fingerprint density at radius 1 is 0.900 bits per heavy atom. The van der Waals surface area contributed by atoms with Crippen LogP contribution in [0.5, 0.6) is 0 Å². The van der Waals surface area contributed by atoms with Crippen molar-refractivity contribution in [3.8, 4) is 11.1 Å². The van der Waals surface area contributed by atoms with Crippen molar-refractivity contribution in [3.05, 3.63) is 87.9 Å². The van der Waals surface area contributed by atoms with Crippen molar-refractivity contribution in [2.45, 2.75) is 6.54 Å². The summed E-state index contributed by atoms with van der Waals surface area (Å²) >= 11 is 6.25. The molecule has 0 unspecified atom stereocenters. The Bertz CT molecular complexity index is 1220. The quantitative estimate of drug-likeness (QED) is 0.518. The van der Waals surface area contributed by atoms with Gasteiger partial charge in [0.1, 0.15) is 0 Å². The summed E-state index contributed by atoms with van der Waals surface area (Å²) in [6, 6.07) is 22.8. The highest BCUT2D eigenvalue weighted by molar-refractivity contribution is 6.31. The highest BCUT2D eigenvalue weighted by atomic mass is 35.5. The number of aromatic amines is 1. The smallest absolute Gasteiger partial charge is 0.406 e. The Balaban J connectivity index is 1.29. The summed E-state index contributed by atoms with van der Waals surface area (Å²) in [6.07, 6.45) is 0. The van der Waals surface area contributed by atoms with Crippen LogP contribution in [-0.4, -0.2) is 36.1 Å². The van der Waals surface area contributed by atoms with Gasteiger partial charge in [-0.2, -0.15) is 0 Å². The fourth-order valence-corrected chi connectivity index (χ4v) is 4.34. The normalized spacial score (nSPS) is 15.0. The lowest BCUT2D eigenvalue weighted by Gasteiger charge is -2.36. The molecule has 4 aromatic rings. The van der Waals surface area contributed by atoms with Gasteiger partial charge in [-0.15, -0.1) is 0 Å². The van der Waals surface area contributed by atoms with Gasteiger partial charge in [-0.1, -0.05) is 60.1 Å². The van der Waals surface area contributed by atoms with Crippen molar-refractivity contribution in [3.63, 3.8) is 0 Å². The minimum Gasteiger partial charge on any atom is -0.406 e. The number of benzene rings is 3. The summed E-state index contributed by atoms with van der Waals surface area (Å²) in [4.78, 5) is 19.0. The lowest BCUT2D eigenvalue weighted by Crippen LogP contribution is -2.46. The second kappa shape index (κ2) is 8.01. The number of hydrogen-bond donors (Lipinski definition) is 1. The first kappa shape index (κ1) is 19.0. The Morgan fingerprint density at radius 2 is 1.67 bits per heavy atom. The number of oxazole rings is 1. The number of fused-ring (bicyclic) bond motifs is 1. The molecule has 152 valence electrons. The Kier molecular flexibility index (Phi) is 5.07. The van der Waals surface area contributed by atoms with E-state index in [1.165, 1.54) is 16.7 Å². The highest BCUT2D eigenvalue weighted by Gasteiger charge is 2.21. The van der Waals surface area contributed by atoms with E-state index in [9.17, 15) is 4.79 Å². The first-order chi connectivity index (χ1) is 14.7. The van der Waals surface area contributed by atoms with Crippen molar-refractivity contribution in [2.24, 2.45) is 0 Å². The molecule has 1 saturated heterocycles. The molecule has 5 nitrogen and oxygen atoms in total. The zero-order valence-electron chi connectivity index (χ0n) is 16.5. The summed E-state index contributed by atoms with van der Waals surface area (Å²) in [6.45, 7) is 4.47. The minimum atomic E-state index is -0.453. The van der Waals surface area contributed by atoms with Gasteiger partial charge in [0.2, 0.25) is 0 Å². The molecule has 0 amide bonds. The number of halogens is 1. The van der Waals surface area contributed by atoms with Gasteiger partial charge >= 0.3 is 5.76 Å². The van der Waals surface area contributed by atoms with Crippen LogP contribution in [0.3, 0.4) is 0 Å². The van der Waals surface area contributed by atoms with Crippen molar-refractivity contribution < 1.29 is 4.42 Å². The van der Waals surface area contributed by atoms with Crippen molar-refractivity contribution >= 4 is 28.4 Å². The van der Waals surface area contributed by atoms with Crippen LogP contribution in [0, 0.1) is 0 Å². The molecule has 0 radical (unpaired) electrons. The molecule has 1 N–H and O–H groups in total. The third kappa shape index (κ3) is 3.86. The average molecular weight is 420 g/mol. The first-order valence-electron chi connectivity index (χ1n) is 10.1. The van der Waals surface area contributed by atoms with E-state index in [2.05, 4.69) is 63.3 Å². The van der Waals surface area contributed by atoms with E-state index in [4.69, 9.17) is 16.0 Å². The van der Waals surface area contributed by atoms with Gasteiger partial charge in [-0.05, 0) is 34.9 Å². The molecule has 1 aliphatic heterocycles. The van der Waals surface area contributed by atoms with Crippen LogP contribution in [0.15, 0.2) is 75.9 Å². The fourth-order valence-electron chi connectivity index (χ4n) is 4.13. The number of nitrogens with zero attached hydrogens (tertiary/aromatic N) is 2. The van der Waals surface area contributed by atoms with Gasteiger partial charge in [-0.3, -0.25) is 9.88 Å². The maximum atomic E-state index is 11.6. The summed E-state index contributed by atoms with van der Waals surface area (Å²) < 4.78 is 5.36. The zero-order chi connectivity index (χ0) is 20.5. The SMILES string of the molecule is O=c1[nH]c2cc(Cl)cc(N3CCN(Cc4cccc(-c5ccccc5)c4)CC3)c2o1. The van der Waals surface area contributed by atoms with E-state index < -0.39 is 5.76 Å². The second-order valence-corrected chi connectivity index (χ2v) is 8.08. The van der Waals surface area contributed by atoms with Crippen LogP contribution in [0.4, 0.5) is 5.69 Å². The molecular weight excluding hydrogens is 398 g/mol. The van der Waals surface area contributed by atoms with E-state index >= 15 is 0 Å². The van der Waals surface area contributed by atoms with E-state index in [1.807, 2.05) is 12.1 Å². The molecule has 0 atom stereocenters. The third-order valence-corrected chi connectivity index (χ3v) is 5.84. The third-order valence-electron chi connectivity index (χ3n) is 5.62. The van der Waals surface area contributed by atoms with Crippen LogP contribution in [0.25, 0.3) is 22.2 Å². The van der Waals surface area contributed by atoms with Crippen LogP contribution in [0.1, 0.15) is 5.56 Å². The Morgan fingerprint density at radius 3 is 2.47 bits per heavy atom. The summed E-state index contributed by atoms with van der Waals surface area (Å²) in [5.41, 5.74) is 5.89. The van der Waals surface area contributed by atoms with Crippen LogP contribution >= 0.6 is 11.6 Å². The Hall–Kier alpha value is -3.02. The molecule has 0 saturated carbocycles. The molecule has 0 bridgehead atoms. The molecule has 0 spiro atoms. The predicted molar refractivity (Wildman–Crippen MR) is 121 cm³/mol. The van der Waals surface area contributed by atoms with Gasteiger partial charge < -0.3 is 9.32 Å². The molecule has 30 heavy (non-hydrogen) atoms. The van der Waals surface area contributed by atoms with Gasteiger partial charge in [0.15, 0.2) is 5.58 Å². The standard InChI is InChI=1S/C24H22ClN3O2/c25-20-14-21-23(30-24(29)26-21)22(15-20)28-11-9-27(10-12-28)16-17-5-4-8-19(13-17)18-6-2-1-3-7-18/h1-8,13-15H,9-12,16H2,(H,26,29). The van der Waals surface area contributed by atoms with E-state index in [-0.39, 0.29) is 0 Å². The van der Waals surface area contributed by atoms with Crippen molar-refractivity contribution in [2.75, 3.05) is 31.1 Å². The first-order valence-corrected chi connectivity index (χ1v) is 10.5. The predicted octanol–water partition coefficient (Wildman–Crippen LogP) is 4.76. The number of H-pyrrole nitrogens is 1. The van der Waals surface area contributed by atoms with Crippen LogP contribution in [-0.2, 0) is 6.54 Å². The van der Waals surface area contributed by atoms with E-state index in [0.717, 1.165) is 38.4 Å². The van der Waals surface area contributed by atoms with Crippen molar-refractivity contribution in [1.29, 1.82) is 0 Å². The van der Waals surface area contributed by atoms with Crippen LogP contribution < -0.4 is 10.7 Å². The molecule has 0 aliphatic carbocycles. The number of hydrogen-bond acceptors (Lipinski definition) is 4. The lowest BCUT2D eigenvalue weighted by atomic mass is 10.0. The van der Waals surface area contributed by atoms with E-state index in [0.29, 0.717) is 16.1 Å². The number of nitrogens with one attached hydrogen (secondary N) is 1. The molecule has 5 rings (SSSR count). The summed E-state index contributed by atoms with van der Waals surface area (Å²) in [7, 11) is 0. The lowest BCUT2D eigenvalue weighted by molar-refractivity contribution is 0.250. The Labute approximate surface area is 179 Å². The monoisotopic (exact) mass is 419 g/mol. The fraction of sp³-hybridized carbons (Fsp3) is 0.208. The van der Waals surface area contributed by atoms with Gasteiger partial charge in [-0.25, -0.2) is 4.79 Å². The molecule has 1 aromatic heterocycles. The number of piperazine rings is 1. The van der Waals surface area contributed by atoms with Crippen LogP contribution in [0.2, 0.25) is 5.02 Å². The zero-order valence-corrected chi connectivity index (χ0v) is 17.2. The number of anilines is 1. The number of rotatable bonds is 4. The highest BCUT2D eigenvalue weighted by Crippen LogP contribution is 2.30. The largest absolute Gasteiger partial charge is 0.417 e. The average Bonchev–Trinajstić information content (AvgIpc) is 3.14. The van der Waals surface area contributed by atoms with Gasteiger partial charge in [0.05, 0.1) is 11.2 Å². The van der Waals surface area contributed by atoms with E-state index in [1.54, 1.807) is 6.07 Å². The minimum absolute atomic E-state index is 0.453. The molecule has 6 heteroatoms. The van der Waals surface area contributed by atoms with Crippen molar-refractivity contribution in [1.82, 2.24) is 9.88 Å². The van der Waals surface area contributed by atoms with Gasteiger partial charge in [0, 0.05) is 37.7 Å². The summed E-state index contributed by atoms with van der Waals surface area (Å²) in [5, 5.41) is 0.592. The molecule has 1 fully saturated rings. The summed E-state index contributed by atoms with van der Waals surface area (Å²) in [5.74, 6) is -0.453. The molecule has 1 aliphatic rings. The molecule has 3 aromatic carbocycles. The molecule has 2 heterocycles.